The third kappa shape index (κ3) is 6.60. The van der Waals surface area contributed by atoms with E-state index in [0.717, 1.165) is 37.9 Å². The summed E-state index contributed by atoms with van der Waals surface area (Å²) in [4.78, 5) is 15.0. The van der Waals surface area contributed by atoms with Crippen molar-refractivity contribution in [3.8, 4) is 0 Å². The summed E-state index contributed by atoms with van der Waals surface area (Å²) >= 11 is 0. The second kappa shape index (κ2) is 11.6. The van der Waals surface area contributed by atoms with Gasteiger partial charge in [-0.15, -0.1) is 0 Å². The summed E-state index contributed by atoms with van der Waals surface area (Å²) in [5, 5.41) is 0. The van der Waals surface area contributed by atoms with Crippen LogP contribution in [0.2, 0.25) is 0 Å². The lowest BCUT2D eigenvalue weighted by Gasteiger charge is -2.32. The normalized spacial score (nSPS) is 21.7. The van der Waals surface area contributed by atoms with E-state index in [2.05, 4.69) is 31.5 Å². The fourth-order valence-corrected chi connectivity index (χ4v) is 4.05. The molecular formula is C25H35NO3. The van der Waals surface area contributed by atoms with E-state index in [0.29, 0.717) is 11.6 Å². The molecule has 1 aromatic rings. The highest BCUT2D eigenvalue weighted by atomic mass is 16.5. The number of ether oxygens (including phenoxy) is 2. The average Bonchev–Trinajstić information content (AvgIpc) is 3.08. The number of allylic oxidation sites excluding steroid dienone is 4. The van der Waals surface area contributed by atoms with E-state index in [9.17, 15) is 4.79 Å². The molecular weight excluding hydrogens is 362 g/mol. The minimum Gasteiger partial charge on any atom is -0.501 e. The topological polar surface area (TPSA) is 38.8 Å². The van der Waals surface area contributed by atoms with E-state index < -0.39 is 0 Å². The van der Waals surface area contributed by atoms with Crippen molar-refractivity contribution in [2.75, 3.05) is 14.2 Å². The van der Waals surface area contributed by atoms with Crippen molar-refractivity contribution in [2.24, 2.45) is 0 Å². The molecule has 3 unspecified atom stereocenters. The fourth-order valence-electron chi connectivity index (χ4n) is 4.05. The van der Waals surface area contributed by atoms with Crippen LogP contribution in [0.15, 0.2) is 66.5 Å². The summed E-state index contributed by atoms with van der Waals surface area (Å²) < 4.78 is 11.3. The second-order valence-corrected chi connectivity index (χ2v) is 7.70. The Kier molecular flexibility index (Phi) is 9.20. The van der Waals surface area contributed by atoms with Gasteiger partial charge < -0.3 is 9.47 Å². The van der Waals surface area contributed by atoms with Crippen LogP contribution >= 0.6 is 0 Å². The minimum absolute atomic E-state index is 0.0919. The number of rotatable bonds is 10. The lowest BCUT2D eigenvalue weighted by molar-refractivity contribution is 0.00308. The molecule has 1 aliphatic heterocycles. The Morgan fingerprint density at radius 3 is 2.66 bits per heavy atom. The largest absolute Gasteiger partial charge is 0.501 e. The zero-order valence-electron chi connectivity index (χ0n) is 18.3. The Balaban J connectivity index is 2.08. The van der Waals surface area contributed by atoms with Crippen LogP contribution in [0.25, 0.3) is 0 Å². The van der Waals surface area contributed by atoms with E-state index in [1.807, 2.05) is 49.4 Å². The van der Waals surface area contributed by atoms with Crippen LogP contribution in [0.3, 0.4) is 0 Å². The van der Waals surface area contributed by atoms with Crippen molar-refractivity contribution in [2.45, 2.75) is 64.1 Å². The minimum atomic E-state index is -0.230. The molecule has 0 bridgehead atoms. The number of carbonyl (C=O) groups excluding carboxylic acids is 1. The number of carbonyl (C=O) groups is 1. The van der Waals surface area contributed by atoms with Crippen molar-refractivity contribution in [3.05, 3.63) is 72.0 Å². The Bertz CT molecular complexity index is 723. The maximum atomic E-state index is 12.6. The zero-order valence-corrected chi connectivity index (χ0v) is 18.3. The first-order valence-corrected chi connectivity index (χ1v) is 10.5. The van der Waals surface area contributed by atoms with Gasteiger partial charge in [0.2, 0.25) is 0 Å². The van der Waals surface area contributed by atoms with Gasteiger partial charge in [-0.3, -0.25) is 4.90 Å². The van der Waals surface area contributed by atoms with E-state index >= 15 is 0 Å². The Hall–Kier alpha value is -2.33. The molecule has 0 saturated carbocycles. The summed E-state index contributed by atoms with van der Waals surface area (Å²) in [5.74, 6) is 0.655. The van der Waals surface area contributed by atoms with Gasteiger partial charge in [-0.05, 0) is 63.4 Å². The number of esters is 1. The van der Waals surface area contributed by atoms with Crippen molar-refractivity contribution in [1.82, 2.24) is 4.90 Å². The lowest BCUT2D eigenvalue weighted by Crippen LogP contribution is -2.42. The summed E-state index contributed by atoms with van der Waals surface area (Å²) in [7, 11) is 3.84. The molecule has 1 fully saturated rings. The standard InChI is InChI=1S/C25H35NO3/c1-6-11-20(17-19(3)28-5)18-22-15-16-23(26(22)4)24(12-7-2)29-25(27)21-13-9-8-10-14-21/h6,8-11,13-14,17,22-24H,1,7,12,15-16,18H2,2-5H3. The number of hydrogen-bond acceptors (Lipinski definition) is 4. The van der Waals surface area contributed by atoms with E-state index in [1.54, 1.807) is 7.11 Å². The molecule has 0 N–H and O–H groups in total. The number of methoxy groups -OCH3 is 1. The van der Waals surface area contributed by atoms with Crippen molar-refractivity contribution < 1.29 is 14.3 Å². The van der Waals surface area contributed by atoms with Crippen LogP contribution in [0.4, 0.5) is 0 Å². The molecule has 0 amide bonds. The van der Waals surface area contributed by atoms with Crippen LogP contribution in [0.5, 0.6) is 0 Å². The Morgan fingerprint density at radius 2 is 2.03 bits per heavy atom. The number of benzene rings is 1. The molecule has 4 nitrogen and oxygen atoms in total. The molecule has 0 radical (unpaired) electrons. The first-order valence-electron chi connectivity index (χ1n) is 10.5. The molecule has 158 valence electrons. The molecule has 4 heteroatoms. The van der Waals surface area contributed by atoms with Gasteiger partial charge in [0.15, 0.2) is 0 Å². The predicted molar refractivity (Wildman–Crippen MR) is 119 cm³/mol. The highest BCUT2D eigenvalue weighted by Crippen LogP contribution is 2.32. The maximum Gasteiger partial charge on any atom is 0.338 e. The lowest BCUT2D eigenvalue weighted by atomic mass is 10.0. The second-order valence-electron chi connectivity index (χ2n) is 7.70. The maximum absolute atomic E-state index is 12.6. The quantitative estimate of drug-likeness (QED) is 0.296. The molecule has 1 aromatic carbocycles. The molecule has 29 heavy (non-hydrogen) atoms. The van der Waals surface area contributed by atoms with Gasteiger partial charge in [-0.25, -0.2) is 4.79 Å². The van der Waals surface area contributed by atoms with E-state index in [-0.39, 0.29) is 18.1 Å². The third-order valence-electron chi connectivity index (χ3n) is 5.68. The molecule has 3 atom stereocenters. The van der Waals surface area contributed by atoms with Gasteiger partial charge in [-0.2, -0.15) is 0 Å². The highest BCUT2D eigenvalue weighted by Gasteiger charge is 2.37. The van der Waals surface area contributed by atoms with Crippen molar-refractivity contribution >= 4 is 5.97 Å². The van der Waals surface area contributed by atoms with Gasteiger partial charge in [0, 0.05) is 12.1 Å². The monoisotopic (exact) mass is 397 g/mol. The third-order valence-corrected chi connectivity index (χ3v) is 5.68. The van der Waals surface area contributed by atoms with Crippen LogP contribution < -0.4 is 0 Å². The predicted octanol–water partition coefficient (Wildman–Crippen LogP) is 5.53. The first-order chi connectivity index (χ1) is 14.0. The molecule has 0 aromatic heterocycles. The summed E-state index contributed by atoms with van der Waals surface area (Å²) in [6.45, 7) is 7.93. The average molecular weight is 398 g/mol. The summed E-state index contributed by atoms with van der Waals surface area (Å²) in [6.07, 6.45) is 10.7. The fraction of sp³-hybridized carbons (Fsp3) is 0.480. The van der Waals surface area contributed by atoms with Gasteiger partial charge in [0.1, 0.15) is 6.10 Å². The molecule has 1 aliphatic rings. The van der Waals surface area contributed by atoms with Crippen LogP contribution in [-0.4, -0.2) is 43.2 Å². The highest BCUT2D eigenvalue weighted by molar-refractivity contribution is 5.89. The van der Waals surface area contributed by atoms with E-state index in [1.165, 1.54) is 5.57 Å². The molecule has 0 aliphatic carbocycles. The first kappa shape index (κ1) is 23.0. The number of nitrogens with zero attached hydrogens (tertiary/aromatic N) is 1. The van der Waals surface area contributed by atoms with E-state index in [4.69, 9.17) is 9.47 Å². The summed E-state index contributed by atoms with van der Waals surface area (Å²) in [6, 6.07) is 9.90. The smallest absolute Gasteiger partial charge is 0.338 e. The van der Waals surface area contributed by atoms with Gasteiger partial charge in [-0.1, -0.05) is 50.3 Å². The SMILES string of the molecule is C=CC=C(C=C(C)OC)CC1CCC(C(CCC)OC(=O)c2ccccc2)N1C. The molecule has 1 saturated heterocycles. The van der Waals surface area contributed by atoms with Crippen LogP contribution in [0, 0.1) is 0 Å². The Morgan fingerprint density at radius 1 is 1.31 bits per heavy atom. The van der Waals surface area contributed by atoms with Crippen molar-refractivity contribution in [3.63, 3.8) is 0 Å². The van der Waals surface area contributed by atoms with Crippen molar-refractivity contribution in [1.29, 1.82) is 0 Å². The zero-order chi connectivity index (χ0) is 21.2. The van der Waals surface area contributed by atoms with Gasteiger partial charge in [0.25, 0.3) is 0 Å². The van der Waals surface area contributed by atoms with Gasteiger partial charge in [0.05, 0.1) is 18.4 Å². The molecule has 2 rings (SSSR count). The van der Waals surface area contributed by atoms with Gasteiger partial charge >= 0.3 is 5.97 Å². The number of likely N-dealkylation sites (tertiary alicyclic amines) is 1. The number of hydrogen-bond donors (Lipinski definition) is 0. The Labute approximate surface area is 175 Å². The number of likely N-dealkylation sites (N-methyl/N-ethyl adjacent to an activating group) is 1. The van der Waals surface area contributed by atoms with Crippen LogP contribution in [0.1, 0.15) is 56.3 Å². The van der Waals surface area contributed by atoms with Crippen LogP contribution in [-0.2, 0) is 9.47 Å². The summed E-state index contributed by atoms with van der Waals surface area (Å²) in [5.41, 5.74) is 1.81. The molecule has 0 spiro atoms. The molecule has 1 heterocycles.